The van der Waals surface area contributed by atoms with E-state index >= 15 is 0 Å². The minimum absolute atomic E-state index is 0.103. The zero-order valence-corrected chi connectivity index (χ0v) is 18.8. The minimum atomic E-state index is -1.05. The van der Waals surface area contributed by atoms with Gasteiger partial charge in [-0.15, -0.1) is 0 Å². The van der Waals surface area contributed by atoms with E-state index in [9.17, 15) is 19.8 Å². The number of aliphatic hydroxyl groups is 2. The molecule has 33 heavy (non-hydrogen) atoms. The Kier molecular flexibility index (Phi) is 7.64. The Morgan fingerprint density at radius 1 is 1.30 bits per heavy atom. The van der Waals surface area contributed by atoms with Gasteiger partial charge in [0.2, 0.25) is 11.8 Å². The maximum absolute atomic E-state index is 13.1. The number of hydrogen-bond donors (Lipinski definition) is 3. The van der Waals surface area contributed by atoms with Crippen LogP contribution in [0.5, 0.6) is 5.75 Å². The quantitative estimate of drug-likeness (QED) is 0.487. The fraction of sp³-hybridized carbons (Fsp3) is 0.583. The smallest absolute Gasteiger partial charge is 0.249 e. The molecular weight excluding hydrogens is 428 g/mol. The molecule has 3 N–H and O–H groups in total. The highest BCUT2D eigenvalue weighted by atomic mass is 16.5. The van der Waals surface area contributed by atoms with E-state index in [1.807, 2.05) is 31.2 Å². The number of ether oxygens (including phenoxy) is 3. The van der Waals surface area contributed by atoms with Crippen LogP contribution in [0.15, 0.2) is 35.9 Å². The molecule has 0 saturated carbocycles. The van der Waals surface area contributed by atoms with Crippen molar-refractivity contribution in [3.63, 3.8) is 0 Å². The lowest BCUT2D eigenvalue weighted by Crippen LogP contribution is -2.57. The second-order valence-electron chi connectivity index (χ2n) is 8.50. The molecule has 9 heteroatoms. The van der Waals surface area contributed by atoms with Crippen LogP contribution in [0.1, 0.15) is 31.2 Å². The highest BCUT2D eigenvalue weighted by molar-refractivity contribution is 5.96. The van der Waals surface area contributed by atoms with E-state index in [1.165, 1.54) is 0 Å². The molecule has 0 bridgehead atoms. The van der Waals surface area contributed by atoms with Gasteiger partial charge in [0, 0.05) is 37.4 Å². The average Bonchev–Trinajstić information content (AvgIpc) is 3.48. The van der Waals surface area contributed by atoms with Gasteiger partial charge >= 0.3 is 0 Å². The maximum Gasteiger partial charge on any atom is 0.249 e. The normalized spacial score (nSPS) is 27.8. The summed E-state index contributed by atoms with van der Waals surface area (Å²) >= 11 is 0. The molecule has 5 atom stereocenters. The summed E-state index contributed by atoms with van der Waals surface area (Å²) in [6, 6.07) is 6.60. The van der Waals surface area contributed by atoms with E-state index in [-0.39, 0.29) is 37.7 Å². The van der Waals surface area contributed by atoms with Gasteiger partial charge in [0.1, 0.15) is 24.6 Å². The summed E-state index contributed by atoms with van der Waals surface area (Å²) in [5.41, 5.74) is 1.23. The third-order valence-electron chi connectivity index (χ3n) is 6.41. The van der Waals surface area contributed by atoms with Crippen LogP contribution in [-0.4, -0.2) is 90.8 Å². The number of benzene rings is 1. The molecule has 9 nitrogen and oxygen atoms in total. The second-order valence-corrected chi connectivity index (χ2v) is 8.50. The van der Waals surface area contributed by atoms with Crippen molar-refractivity contribution in [3.8, 4) is 5.75 Å². The molecule has 0 aromatic heterocycles. The van der Waals surface area contributed by atoms with Crippen LogP contribution in [0.2, 0.25) is 0 Å². The van der Waals surface area contributed by atoms with E-state index in [1.54, 1.807) is 11.0 Å². The first kappa shape index (κ1) is 23.7. The predicted octanol–water partition coefficient (Wildman–Crippen LogP) is 0.353. The third kappa shape index (κ3) is 4.91. The largest absolute Gasteiger partial charge is 0.486 e. The number of fused-ring (bicyclic) bond motifs is 3. The summed E-state index contributed by atoms with van der Waals surface area (Å²) in [4.78, 5) is 27.8. The van der Waals surface area contributed by atoms with Gasteiger partial charge in [0.05, 0.1) is 24.7 Å². The van der Waals surface area contributed by atoms with Crippen molar-refractivity contribution in [2.45, 2.75) is 50.0 Å². The Hall–Kier alpha value is -2.46. The van der Waals surface area contributed by atoms with Gasteiger partial charge < -0.3 is 34.6 Å². The number of amides is 2. The van der Waals surface area contributed by atoms with E-state index in [0.717, 1.165) is 18.4 Å². The number of nitrogens with one attached hydrogen (secondary N) is 1. The summed E-state index contributed by atoms with van der Waals surface area (Å²) in [6.45, 7) is 2.92. The van der Waals surface area contributed by atoms with Gasteiger partial charge in [-0.2, -0.15) is 0 Å². The van der Waals surface area contributed by atoms with Crippen LogP contribution in [-0.2, 0) is 19.1 Å². The van der Waals surface area contributed by atoms with Crippen molar-refractivity contribution in [1.29, 1.82) is 0 Å². The average molecular weight is 461 g/mol. The number of aliphatic hydroxyl groups excluding tert-OH is 2. The minimum Gasteiger partial charge on any atom is -0.486 e. The molecule has 1 aromatic rings. The van der Waals surface area contributed by atoms with E-state index in [2.05, 4.69) is 5.32 Å². The molecule has 0 radical (unpaired) electrons. The third-order valence-corrected chi connectivity index (χ3v) is 6.41. The molecule has 2 amide bonds. The lowest BCUT2D eigenvalue weighted by molar-refractivity contribution is -0.143. The first-order chi connectivity index (χ1) is 16.0. The molecule has 2 heterocycles. The van der Waals surface area contributed by atoms with E-state index < -0.39 is 24.2 Å². The molecule has 0 spiro atoms. The highest BCUT2D eigenvalue weighted by Crippen LogP contribution is 2.47. The summed E-state index contributed by atoms with van der Waals surface area (Å²) in [5, 5.41) is 23.3. The Morgan fingerprint density at radius 3 is 2.85 bits per heavy atom. The van der Waals surface area contributed by atoms with Gasteiger partial charge in [-0.1, -0.05) is 18.2 Å². The van der Waals surface area contributed by atoms with Gasteiger partial charge in [-0.3, -0.25) is 9.59 Å². The lowest BCUT2D eigenvalue weighted by Gasteiger charge is -2.41. The Labute approximate surface area is 193 Å². The SMILES string of the molecule is CCOCC(=O)N(CC1CCCO1)C1C=C(C(=O)NCCO)C2c3ccccc3OC2C1O. The zero-order valence-electron chi connectivity index (χ0n) is 18.8. The van der Waals surface area contributed by atoms with Gasteiger partial charge in [0.25, 0.3) is 0 Å². The van der Waals surface area contributed by atoms with Crippen molar-refractivity contribution < 1.29 is 34.0 Å². The molecule has 1 aliphatic carbocycles. The molecule has 5 unspecified atom stereocenters. The highest BCUT2D eigenvalue weighted by Gasteiger charge is 2.50. The van der Waals surface area contributed by atoms with E-state index in [0.29, 0.717) is 31.1 Å². The number of hydrogen-bond acceptors (Lipinski definition) is 7. The first-order valence-electron chi connectivity index (χ1n) is 11.6. The molecular formula is C24H32N2O7. The van der Waals surface area contributed by atoms with Crippen LogP contribution in [0.25, 0.3) is 0 Å². The predicted molar refractivity (Wildman–Crippen MR) is 119 cm³/mol. The fourth-order valence-corrected chi connectivity index (χ4v) is 4.86. The molecule has 4 rings (SSSR count). The Morgan fingerprint density at radius 2 is 2.12 bits per heavy atom. The fourth-order valence-electron chi connectivity index (χ4n) is 4.86. The number of carbonyl (C=O) groups excluding carboxylic acids is 2. The molecule has 2 aliphatic heterocycles. The summed E-state index contributed by atoms with van der Waals surface area (Å²) in [5.74, 6) is -0.501. The zero-order chi connectivity index (χ0) is 23.4. The maximum atomic E-state index is 13.1. The first-order valence-corrected chi connectivity index (χ1v) is 11.6. The molecule has 180 valence electrons. The molecule has 1 aromatic carbocycles. The van der Waals surface area contributed by atoms with Crippen molar-refractivity contribution in [2.75, 3.05) is 39.5 Å². The van der Waals surface area contributed by atoms with Gasteiger partial charge in [-0.05, 0) is 31.9 Å². The monoisotopic (exact) mass is 460 g/mol. The second kappa shape index (κ2) is 10.6. The molecule has 1 saturated heterocycles. The van der Waals surface area contributed by atoms with Crippen LogP contribution < -0.4 is 10.1 Å². The topological polar surface area (TPSA) is 118 Å². The lowest BCUT2D eigenvalue weighted by atomic mass is 9.77. The standard InChI is InChI=1S/C24H32N2O7/c1-2-31-14-20(28)26(13-15-6-5-11-32-15)18-12-17(24(30)25-9-10-27)21-16-7-3-4-8-19(16)33-23(21)22(18)29/h3-4,7-8,12,15,18,21-23,27,29H,2,5-6,9-11,13-14H2,1H3,(H,25,30). The molecule has 1 fully saturated rings. The Bertz CT molecular complexity index is 883. The number of rotatable bonds is 9. The van der Waals surface area contributed by atoms with Crippen molar-refractivity contribution in [3.05, 3.63) is 41.5 Å². The van der Waals surface area contributed by atoms with Crippen LogP contribution in [0.4, 0.5) is 0 Å². The number of nitrogens with zero attached hydrogens (tertiary/aromatic N) is 1. The Balaban J connectivity index is 1.70. The van der Waals surface area contributed by atoms with E-state index in [4.69, 9.17) is 14.2 Å². The van der Waals surface area contributed by atoms with Crippen molar-refractivity contribution >= 4 is 11.8 Å². The number of para-hydroxylation sites is 1. The molecule has 3 aliphatic rings. The van der Waals surface area contributed by atoms with Crippen LogP contribution in [0, 0.1) is 0 Å². The van der Waals surface area contributed by atoms with Crippen molar-refractivity contribution in [1.82, 2.24) is 10.2 Å². The van der Waals surface area contributed by atoms with Crippen LogP contribution in [0.3, 0.4) is 0 Å². The van der Waals surface area contributed by atoms with Crippen LogP contribution >= 0.6 is 0 Å². The van der Waals surface area contributed by atoms with Crippen molar-refractivity contribution in [2.24, 2.45) is 0 Å². The number of carbonyl (C=O) groups is 2. The summed E-state index contributed by atoms with van der Waals surface area (Å²) < 4.78 is 17.2. The van der Waals surface area contributed by atoms with Gasteiger partial charge in [0.15, 0.2) is 0 Å². The van der Waals surface area contributed by atoms with Gasteiger partial charge in [-0.25, -0.2) is 0 Å². The summed E-state index contributed by atoms with van der Waals surface area (Å²) in [7, 11) is 0. The summed E-state index contributed by atoms with van der Waals surface area (Å²) in [6.07, 6.45) is 1.50.